The van der Waals surface area contributed by atoms with Crippen LogP contribution in [0, 0.1) is 13.8 Å². The Kier molecular flexibility index (Phi) is 4.72. The maximum absolute atomic E-state index is 2.43. The van der Waals surface area contributed by atoms with Crippen LogP contribution in [0.4, 0.5) is 5.69 Å². The van der Waals surface area contributed by atoms with E-state index in [1.54, 1.807) is 0 Å². The highest BCUT2D eigenvalue weighted by Crippen LogP contribution is 2.41. The highest BCUT2D eigenvalue weighted by molar-refractivity contribution is 6.05. The Hall–Kier alpha value is -3.00. The van der Waals surface area contributed by atoms with Crippen molar-refractivity contribution in [2.24, 2.45) is 0 Å². The number of hydrogen-bond acceptors (Lipinski definition) is 1. The molecular weight excluding hydrogens is 340 g/mol. The smallest absolute Gasteiger partial charge is 0.0491 e. The molecule has 0 N–H and O–H groups in total. The van der Waals surface area contributed by atoms with Crippen molar-refractivity contribution < 1.29 is 0 Å². The lowest BCUT2D eigenvalue weighted by Gasteiger charge is -2.16. The number of anilines is 1. The SMILES string of the molecule is CCn1c(C)c(C)c2c(-c3ccc(N(C)C)cc3)c(-c3ccccc3)ccc21. The molecule has 2 heteroatoms. The van der Waals surface area contributed by atoms with Gasteiger partial charge in [-0.15, -0.1) is 0 Å². The zero-order valence-corrected chi connectivity index (χ0v) is 17.5. The third-order valence-electron chi connectivity index (χ3n) is 5.87. The summed E-state index contributed by atoms with van der Waals surface area (Å²) in [5, 5.41) is 1.37. The minimum Gasteiger partial charge on any atom is -0.378 e. The third kappa shape index (κ3) is 2.90. The quantitative estimate of drug-likeness (QED) is 0.390. The molecule has 0 aliphatic carbocycles. The fourth-order valence-electron chi connectivity index (χ4n) is 4.25. The number of nitrogens with zero attached hydrogens (tertiary/aromatic N) is 2. The van der Waals surface area contributed by atoms with Crippen LogP contribution >= 0.6 is 0 Å². The van der Waals surface area contributed by atoms with Crippen molar-refractivity contribution in [1.82, 2.24) is 4.57 Å². The van der Waals surface area contributed by atoms with Gasteiger partial charge in [-0.2, -0.15) is 0 Å². The van der Waals surface area contributed by atoms with E-state index in [1.807, 2.05) is 0 Å². The van der Waals surface area contributed by atoms with Crippen LogP contribution in [0.15, 0.2) is 66.7 Å². The van der Waals surface area contributed by atoms with Gasteiger partial charge in [0.15, 0.2) is 0 Å². The first-order valence-electron chi connectivity index (χ1n) is 9.98. The molecule has 0 radical (unpaired) electrons. The topological polar surface area (TPSA) is 8.17 Å². The van der Waals surface area contributed by atoms with E-state index in [2.05, 4.69) is 111 Å². The normalized spacial score (nSPS) is 11.2. The molecule has 0 aliphatic rings. The predicted molar refractivity (Wildman–Crippen MR) is 122 cm³/mol. The van der Waals surface area contributed by atoms with Crippen LogP contribution in [0.3, 0.4) is 0 Å². The first kappa shape index (κ1) is 18.4. The number of fused-ring (bicyclic) bond motifs is 1. The Balaban J connectivity index is 2.08. The molecular formula is C26H28N2. The van der Waals surface area contributed by atoms with Gasteiger partial charge in [0.1, 0.15) is 0 Å². The molecule has 2 nitrogen and oxygen atoms in total. The summed E-state index contributed by atoms with van der Waals surface area (Å²) >= 11 is 0. The minimum atomic E-state index is 0.986. The molecule has 0 fully saturated rings. The fraction of sp³-hybridized carbons (Fsp3) is 0.231. The van der Waals surface area contributed by atoms with Crippen LogP contribution in [0.1, 0.15) is 18.2 Å². The number of benzene rings is 3. The maximum atomic E-state index is 2.43. The molecule has 1 aromatic heterocycles. The monoisotopic (exact) mass is 368 g/mol. The molecule has 3 aromatic carbocycles. The summed E-state index contributed by atoms with van der Waals surface area (Å²) in [5.74, 6) is 0. The van der Waals surface area contributed by atoms with Crippen molar-refractivity contribution in [1.29, 1.82) is 0 Å². The van der Waals surface area contributed by atoms with Crippen molar-refractivity contribution in [2.45, 2.75) is 27.3 Å². The molecule has 0 saturated carbocycles. The van der Waals surface area contributed by atoms with Crippen molar-refractivity contribution in [3.05, 3.63) is 78.0 Å². The zero-order chi connectivity index (χ0) is 19.8. The van der Waals surface area contributed by atoms with Crippen LogP contribution in [0.25, 0.3) is 33.2 Å². The summed E-state index contributed by atoms with van der Waals surface area (Å²) in [6.45, 7) is 7.71. The van der Waals surface area contributed by atoms with E-state index in [4.69, 9.17) is 0 Å². The second-order valence-electron chi connectivity index (χ2n) is 7.64. The lowest BCUT2D eigenvalue weighted by Crippen LogP contribution is -2.07. The van der Waals surface area contributed by atoms with E-state index in [9.17, 15) is 0 Å². The van der Waals surface area contributed by atoms with Crippen molar-refractivity contribution in [3.63, 3.8) is 0 Å². The van der Waals surface area contributed by atoms with Crippen molar-refractivity contribution in [2.75, 3.05) is 19.0 Å². The summed E-state index contributed by atoms with van der Waals surface area (Å²) in [5.41, 5.74) is 10.4. The first-order valence-corrected chi connectivity index (χ1v) is 9.98. The van der Waals surface area contributed by atoms with E-state index < -0.39 is 0 Å². The number of hydrogen-bond donors (Lipinski definition) is 0. The van der Waals surface area contributed by atoms with E-state index in [0.29, 0.717) is 0 Å². The molecule has 4 aromatic rings. The Morgan fingerprint density at radius 1 is 0.786 bits per heavy atom. The summed E-state index contributed by atoms with van der Waals surface area (Å²) < 4.78 is 2.43. The summed E-state index contributed by atoms with van der Waals surface area (Å²) in [6, 6.07) is 24.2. The molecule has 0 unspecified atom stereocenters. The molecule has 0 aliphatic heterocycles. The highest BCUT2D eigenvalue weighted by atomic mass is 15.1. The van der Waals surface area contributed by atoms with Gasteiger partial charge in [-0.3, -0.25) is 0 Å². The predicted octanol–water partition coefficient (Wildman–Crippen LogP) is 6.68. The molecule has 0 atom stereocenters. The van der Waals surface area contributed by atoms with Crippen molar-refractivity contribution in [3.8, 4) is 22.3 Å². The van der Waals surface area contributed by atoms with Crippen LogP contribution < -0.4 is 4.90 Å². The Morgan fingerprint density at radius 3 is 2.07 bits per heavy atom. The van der Waals surface area contributed by atoms with Crippen molar-refractivity contribution >= 4 is 16.6 Å². The Bertz CT molecular complexity index is 1120. The van der Waals surface area contributed by atoms with Crippen LogP contribution in [0.5, 0.6) is 0 Å². The average molecular weight is 369 g/mol. The minimum absolute atomic E-state index is 0.986. The van der Waals surface area contributed by atoms with Gasteiger partial charge in [0.05, 0.1) is 0 Å². The number of aromatic nitrogens is 1. The Morgan fingerprint density at radius 2 is 1.46 bits per heavy atom. The molecule has 0 spiro atoms. The van der Waals surface area contributed by atoms with Gasteiger partial charge in [0, 0.05) is 42.9 Å². The van der Waals surface area contributed by atoms with Gasteiger partial charge in [-0.05, 0) is 66.8 Å². The molecule has 142 valence electrons. The highest BCUT2D eigenvalue weighted by Gasteiger charge is 2.18. The standard InChI is InChI=1S/C26H28N2/c1-6-28-19(3)18(2)25-24(28)17-16-23(20-10-8-7-9-11-20)26(25)21-12-14-22(15-13-21)27(4)5/h7-17H,6H2,1-5H3. The van der Waals surface area contributed by atoms with E-state index in [0.717, 1.165) is 6.54 Å². The number of aryl methyl sites for hydroxylation is 2. The molecule has 4 rings (SSSR count). The van der Waals surface area contributed by atoms with Crippen LogP contribution in [-0.2, 0) is 6.54 Å². The zero-order valence-electron chi connectivity index (χ0n) is 17.5. The fourth-order valence-corrected chi connectivity index (χ4v) is 4.25. The van der Waals surface area contributed by atoms with E-state index >= 15 is 0 Å². The lowest BCUT2D eigenvalue weighted by atomic mass is 9.90. The van der Waals surface area contributed by atoms with Gasteiger partial charge in [0.2, 0.25) is 0 Å². The van der Waals surface area contributed by atoms with Crippen LogP contribution in [-0.4, -0.2) is 18.7 Å². The van der Waals surface area contributed by atoms with Crippen LogP contribution in [0.2, 0.25) is 0 Å². The Labute approximate surface area is 168 Å². The van der Waals surface area contributed by atoms with Gasteiger partial charge in [-0.25, -0.2) is 0 Å². The second-order valence-corrected chi connectivity index (χ2v) is 7.64. The summed E-state index contributed by atoms with van der Waals surface area (Å²) in [6.07, 6.45) is 0. The van der Waals surface area contributed by atoms with Gasteiger partial charge < -0.3 is 9.47 Å². The van der Waals surface area contributed by atoms with Gasteiger partial charge in [0.25, 0.3) is 0 Å². The lowest BCUT2D eigenvalue weighted by molar-refractivity contribution is 0.766. The van der Waals surface area contributed by atoms with E-state index in [-0.39, 0.29) is 0 Å². The molecule has 0 bridgehead atoms. The molecule has 1 heterocycles. The average Bonchev–Trinajstić information content (AvgIpc) is 2.98. The number of rotatable bonds is 4. The summed E-state index contributed by atoms with van der Waals surface area (Å²) in [4.78, 5) is 2.14. The largest absolute Gasteiger partial charge is 0.378 e. The molecule has 28 heavy (non-hydrogen) atoms. The van der Waals surface area contributed by atoms with E-state index in [1.165, 1.54) is 50.1 Å². The summed E-state index contributed by atoms with van der Waals surface area (Å²) in [7, 11) is 4.17. The molecule has 0 amide bonds. The third-order valence-corrected chi connectivity index (χ3v) is 5.87. The van der Waals surface area contributed by atoms with Gasteiger partial charge >= 0.3 is 0 Å². The molecule has 0 saturated heterocycles. The second kappa shape index (κ2) is 7.20. The maximum Gasteiger partial charge on any atom is 0.0491 e. The first-order chi connectivity index (χ1) is 13.5. The van der Waals surface area contributed by atoms with Gasteiger partial charge in [-0.1, -0.05) is 48.5 Å².